The maximum Gasteiger partial charge on any atom is 0.0714 e. The van der Waals surface area contributed by atoms with Crippen molar-refractivity contribution >= 4 is 60.4 Å². The third kappa shape index (κ3) is 7.25. The van der Waals surface area contributed by atoms with Gasteiger partial charge in [-0.3, -0.25) is 0 Å². The number of para-hydroxylation sites is 1. The highest BCUT2D eigenvalue weighted by molar-refractivity contribution is 6.12. The first kappa shape index (κ1) is 44.5. The second kappa shape index (κ2) is 18.1. The van der Waals surface area contributed by atoms with Gasteiger partial charge in [0.2, 0.25) is 0 Å². The molecule has 77 heavy (non-hydrogen) atoms. The molecule has 0 spiro atoms. The monoisotopic (exact) mass is 978 g/mol. The Morgan fingerprint density at radius 1 is 0.260 bits per heavy atom. The number of hydrogen-bond acceptors (Lipinski definition) is 1. The second-order valence-corrected chi connectivity index (χ2v) is 20.4. The summed E-state index contributed by atoms with van der Waals surface area (Å²) in [6, 6.07) is 112. The standard InChI is InChI=1S/C75H50N2/c1-4-19-51(20-5-1)56-37-38-58-48-63(41-39-57(58)46-56)76(64-42-43-67-66-32-12-14-34-70(66)75(71(67)50-64,60-26-6-2-7-27-60)61-28-8-3-9-29-61)62-30-17-25-55(47-62)53-23-16-24-54(45-53)59-40-44-74-69(49-59)68-33-13-15-35-73(68)77(74)72-36-18-22-52-21-10-11-31-65(52)72/h1-50H. The largest absolute Gasteiger partial charge is 0.310 e. The maximum atomic E-state index is 2.47. The van der Waals surface area contributed by atoms with Crippen LogP contribution < -0.4 is 4.90 Å². The quantitative estimate of drug-likeness (QED) is 0.140. The minimum absolute atomic E-state index is 0.538. The van der Waals surface area contributed by atoms with Crippen molar-refractivity contribution in [3.8, 4) is 50.2 Å². The summed E-state index contributed by atoms with van der Waals surface area (Å²) < 4.78 is 2.44. The molecule has 13 aromatic carbocycles. The average molecular weight is 979 g/mol. The van der Waals surface area contributed by atoms with E-state index in [-0.39, 0.29) is 0 Å². The molecule has 2 heteroatoms. The summed E-state index contributed by atoms with van der Waals surface area (Å²) in [6.07, 6.45) is 0. The van der Waals surface area contributed by atoms with Crippen LogP contribution >= 0.6 is 0 Å². The summed E-state index contributed by atoms with van der Waals surface area (Å²) in [4.78, 5) is 2.46. The molecule has 1 aliphatic carbocycles. The lowest BCUT2D eigenvalue weighted by molar-refractivity contribution is 0.768. The normalized spacial score (nSPS) is 12.5. The Balaban J connectivity index is 0.878. The van der Waals surface area contributed by atoms with Gasteiger partial charge in [0.1, 0.15) is 0 Å². The van der Waals surface area contributed by atoms with E-state index in [9.17, 15) is 0 Å². The van der Waals surface area contributed by atoms with Crippen LogP contribution in [0.2, 0.25) is 0 Å². The van der Waals surface area contributed by atoms with E-state index in [4.69, 9.17) is 0 Å². The number of anilines is 3. The first-order valence-corrected chi connectivity index (χ1v) is 26.6. The molecule has 1 aliphatic rings. The van der Waals surface area contributed by atoms with E-state index in [1.165, 1.54) is 105 Å². The number of hydrogen-bond donors (Lipinski definition) is 0. The molecule has 0 saturated heterocycles. The van der Waals surface area contributed by atoms with Gasteiger partial charge in [-0.2, -0.15) is 0 Å². The molecule has 360 valence electrons. The van der Waals surface area contributed by atoms with Gasteiger partial charge in [-0.15, -0.1) is 0 Å². The summed E-state index contributed by atoms with van der Waals surface area (Å²) in [7, 11) is 0. The third-order valence-corrected chi connectivity index (χ3v) is 16.2. The fourth-order valence-corrected chi connectivity index (χ4v) is 12.7. The van der Waals surface area contributed by atoms with Gasteiger partial charge in [0, 0.05) is 33.2 Å². The predicted octanol–water partition coefficient (Wildman–Crippen LogP) is 19.9. The molecule has 0 bridgehead atoms. The Morgan fingerprint density at radius 2 is 0.779 bits per heavy atom. The van der Waals surface area contributed by atoms with Gasteiger partial charge >= 0.3 is 0 Å². The molecule has 0 atom stereocenters. The summed E-state index contributed by atoms with van der Waals surface area (Å²) >= 11 is 0. The molecule has 0 aliphatic heterocycles. The number of fused-ring (bicyclic) bond motifs is 8. The molecule has 0 radical (unpaired) electrons. The van der Waals surface area contributed by atoms with Crippen molar-refractivity contribution in [1.82, 2.24) is 4.57 Å². The highest BCUT2D eigenvalue weighted by Crippen LogP contribution is 2.57. The van der Waals surface area contributed by atoms with E-state index < -0.39 is 5.41 Å². The third-order valence-electron chi connectivity index (χ3n) is 16.2. The van der Waals surface area contributed by atoms with E-state index in [0.29, 0.717) is 0 Å². The molecular weight excluding hydrogens is 929 g/mol. The Labute approximate surface area is 448 Å². The van der Waals surface area contributed by atoms with Crippen molar-refractivity contribution in [2.75, 3.05) is 4.90 Å². The van der Waals surface area contributed by atoms with Crippen LogP contribution in [-0.4, -0.2) is 4.57 Å². The van der Waals surface area contributed by atoms with Crippen molar-refractivity contribution < 1.29 is 0 Å². The molecule has 1 heterocycles. The van der Waals surface area contributed by atoms with Crippen LogP contribution in [0.4, 0.5) is 17.1 Å². The maximum absolute atomic E-state index is 2.47. The van der Waals surface area contributed by atoms with Crippen LogP contribution in [0.3, 0.4) is 0 Å². The lowest BCUT2D eigenvalue weighted by Gasteiger charge is -2.35. The van der Waals surface area contributed by atoms with Crippen molar-refractivity contribution in [2.45, 2.75) is 5.41 Å². The molecule has 0 unspecified atom stereocenters. The van der Waals surface area contributed by atoms with Gasteiger partial charge in [0.25, 0.3) is 0 Å². The van der Waals surface area contributed by atoms with Gasteiger partial charge in [-0.1, -0.05) is 231 Å². The summed E-state index contributed by atoms with van der Waals surface area (Å²) in [6.45, 7) is 0. The number of benzene rings is 13. The average Bonchev–Trinajstić information content (AvgIpc) is 4.06. The molecular formula is C75H50N2. The van der Waals surface area contributed by atoms with Gasteiger partial charge < -0.3 is 9.47 Å². The minimum Gasteiger partial charge on any atom is -0.310 e. The number of aromatic nitrogens is 1. The van der Waals surface area contributed by atoms with Gasteiger partial charge in [0.15, 0.2) is 0 Å². The highest BCUT2D eigenvalue weighted by atomic mass is 15.1. The van der Waals surface area contributed by atoms with Crippen LogP contribution in [0.1, 0.15) is 22.3 Å². The lowest BCUT2D eigenvalue weighted by Crippen LogP contribution is -2.28. The smallest absolute Gasteiger partial charge is 0.0714 e. The molecule has 14 aromatic rings. The van der Waals surface area contributed by atoms with Gasteiger partial charge in [0.05, 0.1) is 22.1 Å². The lowest BCUT2D eigenvalue weighted by atomic mass is 9.67. The van der Waals surface area contributed by atoms with Gasteiger partial charge in [-0.25, -0.2) is 0 Å². The molecule has 15 rings (SSSR count). The Bertz CT molecular complexity index is 4530. The molecule has 0 N–H and O–H groups in total. The Kier molecular flexibility index (Phi) is 10.5. The SMILES string of the molecule is c1ccc(-c2ccc3cc(N(c4cccc(-c5cccc(-c6ccc7c(c6)c6ccccc6n7-c6cccc7ccccc67)c5)c4)c4ccc5c(c4)C(c4ccccc4)(c4ccccc4)c4ccccc4-5)ccc3c2)cc1. The minimum atomic E-state index is -0.538. The highest BCUT2D eigenvalue weighted by Gasteiger charge is 2.46. The predicted molar refractivity (Wildman–Crippen MR) is 324 cm³/mol. The molecule has 0 saturated carbocycles. The van der Waals surface area contributed by atoms with Crippen LogP contribution in [0.5, 0.6) is 0 Å². The van der Waals surface area contributed by atoms with Crippen LogP contribution in [-0.2, 0) is 5.41 Å². The van der Waals surface area contributed by atoms with Crippen LogP contribution in [0, 0.1) is 0 Å². The van der Waals surface area contributed by atoms with E-state index in [0.717, 1.165) is 28.2 Å². The first-order chi connectivity index (χ1) is 38.2. The first-order valence-electron chi connectivity index (χ1n) is 26.6. The van der Waals surface area contributed by atoms with Crippen molar-refractivity contribution in [1.29, 1.82) is 0 Å². The molecule has 0 fully saturated rings. The van der Waals surface area contributed by atoms with Crippen LogP contribution in [0.25, 0.3) is 93.5 Å². The van der Waals surface area contributed by atoms with Gasteiger partial charge in [-0.05, 0) is 156 Å². The van der Waals surface area contributed by atoms with Crippen molar-refractivity contribution in [3.05, 3.63) is 326 Å². The molecule has 2 nitrogen and oxygen atoms in total. The molecule has 0 amide bonds. The van der Waals surface area contributed by atoms with E-state index in [1.54, 1.807) is 0 Å². The zero-order valence-corrected chi connectivity index (χ0v) is 42.3. The summed E-state index contributed by atoms with van der Waals surface area (Å²) in [5.41, 5.74) is 21.0. The fourth-order valence-electron chi connectivity index (χ4n) is 12.7. The van der Waals surface area contributed by atoms with Crippen LogP contribution in [0.15, 0.2) is 303 Å². The number of nitrogens with zero attached hydrogens (tertiary/aromatic N) is 2. The fraction of sp³-hybridized carbons (Fsp3) is 0.0133. The Hall–Kier alpha value is -10.0. The summed E-state index contributed by atoms with van der Waals surface area (Å²) in [5.74, 6) is 0. The van der Waals surface area contributed by atoms with Crippen molar-refractivity contribution in [2.24, 2.45) is 0 Å². The zero-order valence-electron chi connectivity index (χ0n) is 42.3. The second-order valence-electron chi connectivity index (χ2n) is 20.4. The zero-order chi connectivity index (χ0) is 50.9. The molecule has 1 aromatic heterocycles. The van der Waals surface area contributed by atoms with E-state index in [2.05, 4.69) is 313 Å². The number of rotatable bonds is 9. The topological polar surface area (TPSA) is 8.17 Å². The summed E-state index contributed by atoms with van der Waals surface area (Å²) in [5, 5.41) is 7.34. The van der Waals surface area contributed by atoms with Crippen molar-refractivity contribution in [3.63, 3.8) is 0 Å². The van der Waals surface area contributed by atoms with E-state index in [1.807, 2.05) is 0 Å². The Morgan fingerprint density at radius 3 is 1.58 bits per heavy atom. The van der Waals surface area contributed by atoms with E-state index >= 15 is 0 Å².